The van der Waals surface area contributed by atoms with Crippen molar-refractivity contribution in [2.24, 2.45) is 0 Å². The molecule has 0 radical (unpaired) electrons. The van der Waals surface area contributed by atoms with E-state index >= 15 is 0 Å². The molecule has 2 aromatic heterocycles. The Labute approximate surface area is 143 Å². The molecule has 0 atom stereocenters. The van der Waals surface area contributed by atoms with Gasteiger partial charge in [0.2, 0.25) is 0 Å². The Kier molecular flexibility index (Phi) is 4.29. The summed E-state index contributed by atoms with van der Waals surface area (Å²) in [6.45, 7) is 8.86. The van der Waals surface area contributed by atoms with Crippen LogP contribution in [0.3, 0.4) is 0 Å². The second-order valence-electron chi connectivity index (χ2n) is 4.98. The Morgan fingerprint density at radius 2 is 2.04 bits per heavy atom. The number of aromatic nitrogens is 3. The molecule has 0 aliphatic heterocycles. The summed E-state index contributed by atoms with van der Waals surface area (Å²) in [5.74, 6) is 5.42. The van der Waals surface area contributed by atoms with Crippen molar-refractivity contribution < 1.29 is 4.39 Å². The Bertz CT molecular complexity index is 1020. The molecule has 0 unspecified atom stereocenters. The number of aryl methyl sites for hydroxylation is 1. The largest absolute Gasteiger partial charge is 0.244 e. The van der Waals surface area contributed by atoms with Crippen molar-refractivity contribution in [2.45, 2.75) is 6.92 Å². The second-order valence-corrected chi connectivity index (χ2v) is 5.37. The fourth-order valence-corrected chi connectivity index (χ4v) is 2.33. The van der Waals surface area contributed by atoms with E-state index in [1.165, 1.54) is 12.1 Å². The lowest BCUT2D eigenvalue weighted by molar-refractivity contribution is 0.626. The van der Waals surface area contributed by atoms with Gasteiger partial charge in [0, 0.05) is 17.5 Å². The van der Waals surface area contributed by atoms with Gasteiger partial charge >= 0.3 is 0 Å². The van der Waals surface area contributed by atoms with E-state index in [-0.39, 0.29) is 5.69 Å². The first kappa shape index (κ1) is 15.7. The fourth-order valence-electron chi connectivity index (χ4n) is 2.16. The standard InChI is InChI=1S/C18H10ClFN4/c1-12-7-15(4-3-13-5-6-22-18(19)8-13)23-24(12)17-10-14(20)9-16(11-17)21-2/h5-11H,1H3. The highest BCUT2D eigenvalue weighted by Gasteiger charge is 2.08. The third-order valence-electron chi connectivity index (χ3n) is 3.19. The van der Waals surface area contributed by atoms with Crippen LogP contribution in [0.15, 0.2) is 42.6 Å². The number of pyridine rings is 1. The minimum Gasteiger partial charge on any atom is -0.244 e. The highest BCUT2D eigenvalue weighted by atomic mass is 35.5. The van der Waals surface area contributed by atoms with E-state index < -0.39 is 5.82 Å². The van der Waals surface area contributed by atoms with Gasteiger partial charge in [-0.15, -0.1) is 0 Å². The van der Waals surface area contributed by atoms with Gasteiger partial charge in [-0.2, -0.15) is 5.10 Å². The van der Waals surface area contributed by atoms with Gasteiger partial charge in [-0.1, -0.05) is 17.5 Å². The maximum absolute atomic E-state index is 13.6. The molecule has 3 rings (SSSR count). The summed E-state index contributed by atoms with van der Waals surface area (Å²) in [5, 5.41) is 4.73. The van der Waals surface area contributed by atoms with E-state index in [0.29, 0.717) is 16.5 Å². The molecule has 0 bridgehead atoms. The molecule has 0 N–H and O–H groups in total. The van der Waals surface area contributed by atoms with Crippen LogP contribution in [-0.2, 0) is 0 Å². The van der Waals surface area contributed by atoms with Gasteiger partial charge in [-0.25, -0.2) is 18.9 Å². The first-order valence-corrected chi connectivity index (χ1v) is 7.31. The zero-order valence-electron chi connectivity index (χ0n) is 12.6. The quantitative estimate of drug-likeness (QED) is 0.377. The van der Waals surface area contributed by atoms with E-state index in [1.807, 2.05) is 6.92 Å². The lowest BCUT2D eigenvalue weighted by Crippen LogP contribution is -1.99. The molecule has 2 heterocycles. The predicted octanol–water partition coefficient (Wildman–Crippen LogP) is 4.32. The molecular weight excluding hydrogens is 327 g/mol. The van der Waals surface area contributed by atoms with Gasteiger partial charge < -0.3 is 0 Å². The van der Waals surface area contributed by atoms with Crippen LogP contribution in [-0.4, -0.2) is 14.8 Å². The zero-order chi connectivity index (χ0) is 17.1. The lowest BCUT2D eigenvalue weighted by Gasteiger charge is -2.04. The molecule has 0 saturated carbocycles. The molecule has 0 aliphatic carbocycles. The Morgan fingerprint density at radius 3 is 2.79 bits per heavy atom. The van der Waals surface area contributed by atoms with Crippen LogP contribution >= 0.6 is 11.6 Å². The Balaban J connectivity index is 1.97. The average molecular weight is 337 g/mol. The van der Waals surface area contributed by atoms with E-state index in [2.05, 4.69) is 26.8 Å². The van der Waals surface area contributed by atoms with Crippen molar-refractivity contribution in [3.63, 3.8) is 0 Å². The molecule has 0 fully saturated rings. The van der Waals surface area contributed by atoms with Crippen molar-refractivity contribution in [3.8, 4) is 17.5 Å². The summed E-state index contributed by atoms with van der Waals surface area (Å²) >= 11 is 5.82. The van der Waals surface area contributed by atoms with E-state index in [9.17, 15) is 4.39 Å². The van der Waals surface area contributed by atoms with Gasteiger partial charge in [-0.05, 0) is 49.2 Å². The summed E-state index contributed by atoms with van der Waals surface area (Å²) in [6.07, 6.45) is 1.58. The molecule has 4 nitrogen and oxygen atoms in total. The monoisotopic (exact) mass is 336 g/mol. The molecule has 116 valence electrons. The van der Waals surface area contributed by atoms with Crippen LogP contribution in [0.4, 0.5) is 10.1 Å². The molecule has 24 heavy (non-hydrogen) atoms. The molecule has 3 aromatic rings. The molecule has 1 aromatic carbocycles. The van der Waals surface area contributed by atoms with Gasteiger partial charge in [-0.3, -0.25) is 0 Å². The van der Waals surface area contributed by atoms with Crippen LogP contribution in [0.5, 0.6) is 0 Å². The fraction of sp³-hybridized carbons (Fsp3) is 0.0556. The summed E-state index contributed by atoms with van der Waals surface area (Å²) in [5.41, 5.74) is 2.75. The first-order chi connectivity index (χ1) is 11.5. The maximum Gasteiger partial charge on any atom is 0.192 e. The minimum absolute atomic E-state index is 0.221. The molecule has 0 spiro atoms. The van der Waals surface area contributed by atoms with Crippen LogP contribution < -0.4 is 0 Å². The molecular formula is C18H10ClFN4. The third-order valence-corrected chi connectivity index (χ3v) is 3.40. The zero-order valence-corrected chi connectivity index (χ0v) is 13.3. The van der Waals surface area contributed by atoms with Gasteiger partial charge in [0.15, 0.2) is 5.69 Å². The van der Waals surface area contributed by atoms with Crippen LogP contribution in [0, 0.1) is 31.2 Å². The van der Waals surface area contributed by atoms with Crippen molar-refractivity contribution in [2.75, 3.05) is 0 Å². The number of nitrogens with zero attached hydrogens (tertiary/aromatic N) is 4. The number of halogens is 2. The summed E-state index contributed by atoms with van der Waals surface area (Å²) < 4.78 is 15.2. The maximum atomic E-state index is 13.6. The first-order valence-electron chi connectivity index (χ1n) is 6.94. The predicted molar refractivity (Wildman–Crippen MR) is 89.7 cm³/mol. The van der Waals surface area contributed by atoms with Crippen molar-refractivity contribution in [1.29, 1.82) is 0 Å². The summed E-state index contributed by atoms with van der Waals surface area (Å²) in [4.78, 5) is 7.16. The molecule has 0 amide bonds. The Hall–Kier alpha value is -3.15. The topological polar surface area (TPSA) is 35.1 Å². The molecule has 0 saturated heterocycles. The molecule has 6 heteroatoms. The second kappa shape index (κ2) is 6.54. The number of hydrogen-bond acceptors (Lipinski definition) is 2. The smallest absolute Gasteiger partial charge is 0.192 e. The van der Waals surface area contributed by atoms with Crippen molar-refractivity contribution in [1.82, 2.24) is 14.8 Å². The van der Waals surface area contributed by atoms with Crippen LogP contribution in [0.1, 0.15) is 17.0 Å². The molecule has 0 aliphatic rings. The highest BCUT2D eigenvalue weighted by molar-refractivity contribution is 6.29. The number of hydrogen-bond donors (Lipinski definition) is 0. The Morgan fingerprint density at radius 1 is 1.21 bits per heavy atom. The SMILES string of the molecule is [C-]#[N+]c1cc(F)cc(-n2nc(C#Cc3ccnc(Cl)c3)cc2C)c1. The number of rotatable bonds is 1. The van der Waals surface area contributed by atoms with Gasteiger partial charge in [0.05, 0.1) is 12.3 Å². The normalized spacial score (nSPS) is 9.92. The van der Waals surface area contributed by atoms with E-state index in [1.54, 1.807) is 35.1 Å². The van der Waals surface area contributed by atoms with Crippen LogP contribution in [0.25, 0.3) is 10.5 Å². The van der Waals surface area contributed by atoms with Gasteiger partial charge in [0.1, 0.15) is 16.7 Å². The highest BCUT2D eigenvalue weighted by Crippen LogP contribution is 2.21. The van der Waals surface area contributed by atoms with Crippen molar-refractivity contribution in [3.05, 3.63) is 81.9 Å². The van der Waals surface area contributed by atoms with E-state index in [0.717, 1.165) is 11.3 Å². The summed E-state index contributed by atoms with van der Waals surface area (Å²) in [6, 6.07) is 9.29. The third kappa shape index (κ3) is 3.43. The lowest BCUT2D eigenvalue weighted by atomic mass is 10.2. The average Bonchev–Trinajstić information content (AvgIpc) is 2.93. The van der Waals surface area contributed by atoms with Crippen molar-refractivity contribution >= 4 is 17.3 Å². The van der Waals surface area contributed by atoms with E-state index in [4.69, 9.17) is 18.2 Å². The minimum atomic E-state index is -0.479. The number of benzene rings is 1. The van der Waals surface area contributed by atoms with Crippen LogP contribution in [0.2, 0.25) is 5.15 Å². The van der Waals surface area contributed by atoms with Gasteiger partial charge in [0.25, 0.3) is 0 Å². The summed E-state index contributed by atoms with van der Waals surface area (Å²) in [7, 11) is 0.